The van der Waals surface area contributed by atoms with E-state index in [2.05, 4.69) is 10.4 Å². The molecule has 0 aliphatic heterocycles. The summed E-state index contributed by atoms with van der Waals surface area (Å²) in [4.78, 5) is 10.9. The summed E-state index contributed by atoms with van der Waals surface area (Å²) in [5.74, 6) is -0.818. The summed E-state index contributed by atoms with van der Waals surface area (Å²) in [6.45, 7) is 0. The fourth-order valence-corrected chi connectivity index (χ4v) is 3.07. The first kappa shape index (κ1) is 16.4. The molecule has 1 aliphatic carbocycles. The maximum Gasteiger partial charge on any atom is 0.296 e. The van der Waals surface area contributed by atoms with E-state index < -0.39 is 41.5 Å². The van der Waals surface area contributed by atoms with Gasteiger partial charge in [0.25, 0.3) is 20.2 Å². The van der Waals surface area contributed by atoms with E-state index in [0.717, 1.165) is 24.3 Å². The molecule has 0 heterocycles. The number of allylic oxidation sites excluding steroid dienone is 1. The van der Waals surface area contributed by atoms with Crippen molar-refractivity contribution in [2.45, 2.75) is 4.90 Å². The lowest BCUT2D eigenvalue weighted by Crippen LogP contribution is -2.28. The first-order chi connectivity index (χ1) is 10.1. The second kappa shape index (κ2) is 5.32. The van der Waals surface area contributed by atoms with Crippen molar-refractivity contribution >= 4 is 45.8 Å². The number of hydrogen-bond acceptors (Lipinski definition) is 7. The number of hydrazone groups is 1. The van der Waals surface area contributed by atoms with E-state index in [1.165, 1.54) is 7.98 Å². The summed E-state index contributed by atoms with van der Waals surface area (Å²) in [5, 5.41) is 5.78. The standard InChI is InChI=1S/C10H9BN2O7S2/c11-13-12-9-8(22(18,19)20)4-5-3-6(21(15,16)17)1-2-7(5)10(9)14/h1-4,13H,11H2,(H,15,16,17)(H,18,19,20)/b12-9-. The molecule has 0 fully saturated rings. The van der Waals surface area contributed by atoms with Crippen LogP contribution >= 0.6 is 0 Å². The molecule has 2 rings (SSSR count). The molecule has 0 saturated carbocycles. The van der Waals surface area contributed by atoms with Crippen molar-refractivity contribution in [1.29, 1.82) is 0 Å². The zero-order chi connectivity index (χ0) is 16.7. The molecule has 1 aromatic carbocycles. The molecule has 0 atom stereocenters. The monoisotopic (exact) mass is 344 g/mol. The number of rotatable bonds is 3. The topological polar surface area (TPSA) is 150 Å². The Morgan fingerprint density at radius 1 is 1.09 bits per heavy atom. The van der Waals surface area contributed by atoms with Crippen molar-refractivity contribution in [3.8, 4) is 0 Å². The number of fused-ring (bicyclic) bond motifs is 1. The molecule has 0 aromatic heterocycles. The van der Waals surface area contributed by atoms with Crippen LogP contribution in [-0.4, -0.2) is 45.4 Å². The minimum Gasteiger partial charge on any atom is -0.361 e. The second-order valence-electron chi connectivity index (χ2n) is 4.22. The quantitative estimate of drug-likeness (QED) is 0.353. The zero-order valence-electron chi connectivity index (χ0n) is 11.0. The maximum absolute atomic E-state index is 12.2. The minimum absolute atomic E-state index is 0.0196. The van der Waals surface area contributed by atoms with E-state index in [1.54, 1.807) is 0 Å². The summed E-state index contributed by atoms with van der Waals surface area (Å²) >= 11 is 0. The van der Waals surface area contributed by atoms with Gasteiger partial charge in [0.2, 0.25) is 13.8 Å². The third-order valence-corrected chi connectivity index (χ3v) is 4.52. The van der Waals surface area contributed by atoms with Gasteiger partial charge >= 0.3 is 0 Å². The van der Waals surface area contributed by atoms with Gasteiger partial charge < -0.3 is 5.34 Å². The summed E-state index contributed by atoms with van der Waals surface area (Å²) in [6, 6.07) is 3.03. The van der Waals surface area contributed by atoms with Crippen LogP contribution in [0, 0.1) is 0 Å². The van der Waals surface area contributed by atoms with E-state index in [-0.39, 0.29) is 11.1 Å². The van der Waals surface area contributed by atoms with Gasteiger partial charge in [-0.05, 0) is 29.8 Å². The summed E-state index contributed by atoms with van der Waals surface area (Å²) in [6.07, 6.45) is 0.900. The summed E-state index contributed by atoms with van der Waals surface area (Å²) in [7, 11) is -7.96. The van der Waals surface area contributed by atoms with Crippen molar-refractivity contribution in [2.24, 2.45) is 5.10 Å². The average molecular weight is 344 g/mol. The highest BCUT2D eigenvalue weighted by molar-refractivity contribution is 7.91. The van der Waals surface area contributed by atoms with Crippen molar-refractivity contribution in [2.75, 3.05) is 0 Å². The van der Waals surface area contributed by atoms with Gasteiger partial charge in [0.15, 0.2) is 5.71 Å². The Kier molecular flexibility index (Phi) is 3.95. The van der Waals surface area contributed by atoms with Gasteiger partial charge in [-0.2, -0.15) is 21.9 Å². The Morgan fingerprint density at radius 3 is 2.23 bits per heavy atom. The smallest absolute Gasteiger partial charge is 0.296 e. The zero-order valence-corrected chi connectivity index (χ0v) is 12.6. The van der Waals surface area contributed by atoms with Gasteiger partial charge in [-0.3, -0.25) is 13.9 Å². The fraction of sp³-hybridized carbons (Fsp3) is 0. The molecular formula is C10H9BN2O7S2. The van der Waals surface area contributed by atoms with E-state index in [9.17, 15) is 26.2 Å². The molecule has 0 spiro atoms. The van der Waals surface area contributed by atoms with Gasteiger partial charge in [0.1, 0.15) is 4.91 Å². The molecule has 12 heteroatoms. The Morgan fingerprint density at radius 2 is 1.73 bits per heavy atom. The van der Waals surface area contributed by atoms with E-state index in [1.807, 2.05) is 0 Å². The molecule has 116 valence electrons. The molecular weight excluding hydrogens is 335 g/mol. The van der Waals surface area contributed by atoms with Crippen LogP contribution in [0.25, 0.3) is 6.08 Å². The van der Waals surface area contributed by atoms with Crippen LogP contribution < -0.4 is 5.34 Å². The van der Waals surface area contributed by atoms with Crippen LogP contribution in [0.15, 0.2) is 33.1 Å². The number of benzene rings is 1. The third-order valence-electron chi connectivity index (χ3n) is 2.80. The molecule has 9 nitrogen and oxygen atoms in total. The fourth-order valence-electron chi connectivity index (χ4n) is 1.89. The predicted molar refractivity (Wildman–Crippen MR) is 79.2 cm³/mol. The van der Waals surface area contributed by atoms with Crippen molar-refractivity contribution in [3.05, 3.63) is 34.2 Å². The summed E-state index contributed by atoms with van der Waals surface area (Å²) < 4.78 is 63.1. The molecule has 0 amide bonds. The molecule has 0 unspecified atom stereocenters. The van der Waals surface area contributed by atoms with Crippen LogP contribution in [0.2, 0.25) is 0 Å². The Balaban J connectivity index is 2.80. The van der Waals surface area contributed by atoms with Crippen LogP contribution in [-0.2, 0) is 20.2 Å². The largest absolute Gasteiger partial charge is 0.361 e. The highest BCUT2D eigenvalue weighted by Gasteiger charge is 2.33. The van der Waals surface area contributed by atoms with E-state index >= 15 is 0 Å². The molecule has 1 aromatic rings. The number of Topliss-reactive ketones (excluding diaryl/α,β-unsaturated/α-hetero) is 1. The molecule has 0 saturated heterocycles. The number of carbonyl (C=O) groups is 1. The number of hydrogen-bond donors (Lipinski definition) is 3. The van der Waals surface area contributed by atoms with Gasteiger partial charge in [0.05, 0.1) is 4.90 Å². The van der Waals surface area contributed by atoms with Crippen LogP contribution in [0.4, 0.5) is 0 Å². The number of carbonyl (C=O) groups excluding carboxylic acids is 1. The molecule has 0 bridgehead atoms. The van der Waals surface area contributed by atoms with Crippen LogP contribution in [0.1, 0.15) is 15.9 Å². The normalized spacial score (nSPS) is 17.1. The number of nitrogens with zero attached hydrogens (tertiary/aromatic N) is 1. The molecule has 3 N–H and O–H groups in total. The Bertz CT molecular complexity index is 932. The van der Waals surface area contributed by atoms with E-state index in [0.29, 0.717) is 0 Å². The van der Waals surface area contributed by atoms with Crippen molar-refractivity contribution in [3.63, 3.8) is 0 Å². The maximum atomic E-state index is 12.2. The average Bonchev–Trinajstić information content (AvgIpc) is 2.39. The first-order valence-corrected chi connectivity index (χ1v) is 8.54. The first-order valence-electron chi connectivity index (χ1n) is 5.66. The van der Waals surface area contributed by atoms with Gasteiger partial charge in [0, 0.05) is 5.56 Å². The Labute approximate surface area is 126 Å². The van der Waals surface area contributed by atoms with Gasteiger partial charge in [-0.1, -0.05) is 0 Å². The van der Waals surface area contributed by atoms with E-state index in [4.69, 9.17) is 4.55 Å². The highest BCUT2D eigenvalue weighted by atomic mass is 32.2. The van der Waals surface area contributed by atoms with Gasteiger partial charge in [-0.25, -0.2) is 0 Å². The number of nitrogens with one attached hydrogen (secondary N) is 1. The molecule has 22 heavy (non-hydrogen) atoms. The SMILES string of the molecule is BN/N=C1\C(=O)c2ccc(S(=O)(=O)O)cc2C=C1S(=O)(=O)O. The lowest BCUT2D eigenvalue weighted by atomic mass is 9.95. The lowest BCUT2D eigenvalue weighted by molar-refractivity contribution is 0.106. The summed E-state index contributed by atoms with van der Waals surface area (Å²) in [5.41, 5.74) is -0.631. The van der Waals surface area contributed by atoms with Crippen molar-refractivity contribution < 1.29 is 30.7 Å². The van der Waals surface area contributed by atoms with Crippen LogP contribution in [0.5, 0.6) is 0 Å². The third kappa shape index (κ3) is 2.94. The van der Waals surface area contributed by atoms with Crippen molar-refractivity contribution in [1.82, 2.24) is 5.34 Å². The minimum atomic E-state index is -4.76. The van der Waals surface area contributed by atoms with Gasteiger partial charge in [-0.15, -0.1) is 0 Å². The number of ketones is 1. The van der Waals surface area contributed by atoms with Crippen LogP contribution in [0.3, 0.4) is 0 Å². The molecule has 0 radical (unpaired) electrons. The molecule has 1 aliphatic rings. The lowest BCUT2D eigenvalue weighted by Gasteiger charge is -2.16. The highest BCUT2D eigenvalue weighted by Crippen LogP contribution is 2.27. The predicted octanol–water partition coefficient (Wildman–Crippen LogP) is -1.15. The Hall–Kier alpha value is -2.02. The second-order valence-corrected chi connectivity index (χ2v) is 7.03.